The van der Waals surface area contributed by atoms with E-state index in [4.69, 9.17) is 33.2 Å². The van der Waals surface area contributed by atoms with Crippen molar-refractivity contribution in [3.8, 4) is 11.1 Å². The van der Waals surface area contributed by atoms with Gasteiger partial charge in [0.05, 0.1) is 30.4 Å². The number of likely N-dealkylation sites (tertiary alicyclic amines) is 1. The first kappa shape index (κ1) is 40.4. The molecule has 5 rings (SSSR count). The Bertz CT molecular complexity index is 1740. The highest BCUT2D eigenvalue weighted by Crippen LogP contribution is 2.35. The number of aliphatic imine (C=N–C) groups is 2. The van der Waals surface area contributed by atoms with Gasteiger partial charge in [-0.25, -0.2) is 28.2 Å². The molecule has 2 amide bonds. The summed E-state index contributed by atoms with van der Waals surface area (Å²) in [5.74, 6) is -3.91. The van der Waals surface area contributed by atoms with Gasteiger partial charge in [0.2, 0.25) is 0 Å². The zero-order chi connectivity index (χ0) is 38.3. The molecule has 5 N–H and O–H groups in total. The number of nitrogens with two attached hydrogens (primary N) is 2. The molecule has 1 fully saturated rings. The van der Waals surface area contributed by atoms with Crippen LogP contribution in [0.15, 0.2) is 64.8 Å². The quantitative estimate of drug-likeness (QED) is 0.121. The molecule has 0 aliphatic carbocycles. The van der Waals surface area contributed by atoms with Gasteiger partial charge in [0, 0.05) is 17.3 Å². The highest BCUT2D eigenvalue weighted by atomic mass is 35.5. The van der Waals surface area contributed by atoms with Crippen molar-refractivity contribution in [1.82, 2.24) is 19.6 Å². The number of halogens is 5. The van der Waals surface area contributed by atoms with Gasteiger partial charge in [0.1, 0.15) is 18.8 Å². The minimum atomic E-state index is -3.01. The van der Waals surface area contributed by atoms with Crippen LogP contribution in [-0.4, -0.2) is 75.3 Å². The van der Waals surface area contributed by atoms with E-state index in [0.29, 0.717) is 32.4 Å². The van der Waals surface area contributed by atoms with Crippen molar-refractivity contribution in [3.63, 3.8) is 0 Å². The summed E-state index contributed by atoms with van der Waals surface area (Å²) in [4.78, 5) is 36.2. The van der Waals surface area contributed by atoms with Crippen LogP contribution in [0, 0.1) is 10.8 Å². The molecular formula is C34H42ClF4N9O3. The predicted octanol–water partition coefficient (Wildman–Crippen LogP) is 7.02. The first-order valence-corrected chi connectivity index (χ1v) is 16.3. The van der Waals surface area contributed by atoms with Crippen LogP contribution >= 0.6 is 11.6 Å². The minimum absolute atomic E-state index is 0.100. The number of guanidine groups is 1. The summed E-state index contributed by atoms with van der Waals surface area (Å²) in [5.41, 5.74) is 14.7. The number of nitrogens with zero attached hydrogens (tertiary/aromatic N) is 6. The summed E-state index contributed by atoms with van der Waals surface area (Å²) in [7, 11) is 0. The number of alkyl halides is 4. The third-order valence-electron chi connectivity index (χ3n) is 6.97. The molecule has 12 nitrogen and oxygen atoms in total. The number of rotatable bonds is 9. The van der Waals surface area contributed by atoms with Gasteiger partial charge in [-0.2, -0.15) is 13.9 Å². The van der Waals surface area contributed by atoms with Gasteiger partial charge in [0.15, 0.2) is 12.0 Å². The Labute approximate surface area is 298 Å². The normalized spacial score (nSPS) is 17.4. The second-order valence-electron chi connectivity index (χ2n) is 12.9. The van der Waals surface area contributed by atoms with Crippen LogP contribution in [0.1, 0.15) is 76.9 Å². The van der Waals surface area contributed by atoms with Gasteiger partial charge in [0.25, 0.3) is 11.8 Å². The Morgan fingerprint density at radius 3 is 2.27 bits per heavy atom. The molecule has 1 aromatic heterocycles. The molecule has 51 heavy (non-hydrogen) atoms. The van der Waals surface area contributed by atoms with E-state index < -0.39 is 56.3 Å². The van der Waals surface area contributed by atoms with E-state index in [0.717, 1.165) is 16.1 Å². The van der Waals surface area contributed by atoms with Crippen LogP contribution in [0.25, 0.3) is 11.1 Å². The zero-order valence-corrected chi connectivity index (χ0v) is 29.8. The minimum Gasteiger partial charge on any atom is -0.447 e. The summed E-state index contributed by atoms with van der Waals surface area (Å²) in [6.07, 6.45) is 2.18. The van der Waals surface area contributed by atoms with Crippen LogP contribution in [0.2, 0.25) is 5.02 Å². The molecule has 2 atom stereocenters. The Balaban J connectivity index is 0.000000923. The first-order valence-electron chi connectivity index (χ1n) is 15.9. The van der Waals surface area contributed by atoms with E-state index in [-0.39, 0.29) is 22.4 Å². The van der Waals surface area contributed by atoms with Gasteiger partial charge in [-0.3, -0.25) is 20.0 Å². The molecule has 2 aromatic carbocycles. The molecule has 0 radical (unpaired) electrons. The van der Waals surface area contributed by atoms with Gasteiger partial charge in [-0.1, -0.05) is 83.5 Å². The summed E-state index contributed by atoms with van der Waals surface area (Å²) in [6.45, 7) is 7.86. The van der Waals surface area contributed by atoms with Gasteiger partial charge < -0.3 is 16.2 Å². The number of carbonyl (C=O) groups excluding carboxylic acids is 2. The number of nitrogens with one attached hydrogen (secondary N) is 1. The van der Waals surface area contributed by atoms with Crippen LogP contribution in [0.5, 0.6) is 0 Å². The largest absolute Gasteiger partial charge is 0.447 e. The zero-order valence-electron chi connectivity index (χ0n) is 29.1. The maximum Gasteiger partial charge on any atom is 0.410 e. The lowest BCUT2D eigenvalue weighted by Crippen LogP contribution is -2.58. The van der Waals surface area contributed by atoms with Gasteiger partial charge in [-0.05, 0) is 34.2 Å². The third kappa shape index (κ3) is 10.5. The topological polar surface area (TPSA) is 168 Å². The monoisotopic (exact) mass is 735 g/mol. The lowest BCUT2D eigenvalue weighted by Gasteiger charge is -2.38. The summed E-state index contributed by atoms with van der Waals surface area (Å²) >= 11 is 6.28. The highest BCUT2D eigenvalue weighted by molar-refractivity contribution is 6.34. The Kier molecular flexibility index (Phi) is 13.3. The smallest absolute Gasteiger partial charge is 0.410 e. The number of hydrogen-bond donors (Lipinski definition) is 3. The van der Waals surface area contributed by atoms with E-state index in [1.165, 1.54) is 30.6 Å². The number of ether oxygens (including phenoxy) is 1. The third-order valence-corrected chi connectivity index (χ3v) is 7.30. The Morgan fingerprint density at radius 2 is 1.75 bits per heavy atom. The average Bonchev–Trinajstić information content (AvgIpc) is 3.66. The lowest BCUT2D eigenvalue weighted by molar-refractivity contribution is -0.131. The van der Waals surface area contributed by atoms with E-state index in [1.807, 2.05) is 13.8 Å². The molecule has 2 aliphatic heterocycles. The number of hydrogen-bond acceptors (Lipinski definition) is 7. The molecule has 2 aliphatic rings. The number of aromatic nitrogens is 2. The fourth-order valence-corrected chi connectivity index (χ4v) is 4.98. The van der Waals surface area contributed by atoms with E-state index in [1.54, 1.807) is 24.3 Å². The Hall–Kier alpha value is -4.99. The molecule has 1 saturated heterocycles. The SMILES string of the molecule is CC.CC(C)(C)C.N=CN=C(N)c1cc(C(COC(=O)N2CC(F)(F)C2)N2C(=O)C(c3ccc(-c4cnn(C(F)F)c4)cc3)N=C2N)ccc1Cl. The van der Waals surface area contributed by atoms with Gasteiger partial charge in [-0.15, -0.1) is 0 Å². The van der Waals surface area contributed by atoms with Crippen LogP contribution in [-0.2, 0) is 9.53 Å². The maximum atomic E-state index is 13.8. The van der Waals surface area contributed by atoms with E-state index >= 15 is 0 Å². The number of amides is 2. The van der Waals surface area contributed by atoms with Crippen molar-refractivity contribution < 1.29 is 31.9 Å². The second kappa shape index (κ2) is 16.8. The van der Waals surface area contributed by atoms with Crippen molar-refractivity contribution >= 4 is 41.7 Å². The van der Waals surface area contributed by atoms with E-state index in [9.17, 15) is 27.2 Å². The standard InChI is InChI=1S/C27H24ClF4N9O3.C5H12.C2H6/c28-19-6-5-16(7-18(19)22(34)36-13-33)20(10-44-26(43)39-11-27(31,32)12-39)41-23(42)21(38-25(41)35)15-3-1-14(2-4-15)17-8-37-40(9-17)24(29)30;1-5(2,3)4;1-2/h1-9,13,20-21,24H,10-12H2,(H2,35,38)(H3,33,34,36);1-4H3;1-2H3. The van der Waals surface area contributed by atoms with Crippen molar-refractivity contribution in [2.45, 2.75) is 66.1 Å². The van der Waals surface area contributed by atoms with Crippen molar-refractivity contribution in [2.75, 3.05) is 19.7 Å². The van der Waals surface area contributed by atoms with Crippen LogP contribution < -0.4 is 11.5 Å². The van der Waals surface area contributed by atoms with E-state index in [2.05, 4.69) is 42.8 Å². The number of benzene rings is 2. The average molecular weight is 736 g/mol. The highest BCUT2D eigenvalue weighted by Gasteiger charge is 2.47. The lowest BCUT2D eigenvalue weighted by atomic mass is 10.00. The molecule has 0 spiro atoms. The molecule has 0 saturated carbocycles. The summed E-state index contributed by atoms with van der Waals surface area (Å²) < 4.78 is 58.3. The number of amidine groups is 1. The fraction of sp³-hybridized carbons (Fsp3) is 0.412. The van der Waals surface area contributed by atoms with Crippen LogP contribution in [0.4, 0.5) is 22.4 Å². The van der Waals surface area contributed by atoms with Crippen molar-refractivity contribution in [3.05, 3.63) is 76.6 Å². The molecule has 2 unspecified atom stereocenters. The molecule has 3 aromatic rings. The van der Waals surface area contributed by atoms with Gasteiger partial charge >= 0.3 is 12.6 Å². The second-order valence-corrected chi connectivity index (χ2v) is 13.3. The molecule has 276 valence electrons. The molecule has 17 heteroatoms. The molecule has 0 bridgehead atoms. The molecule has 3 heterocycles. The molecular weight excluding hydrogens is 694 g/mol. The summed E-state index contributed by atoms with van der Waals surface area (Å²) in [5, 5.41) is 11.0. The van der Waals surface area contributed by atoms with Crippen molar-refractivity contribution in [1.29, 1.82) is 5.41 Å². The van der Waals surface area contributed by atoms with Crippen LogP contribution in [0.3, 0.4) is 0 Å². The predicted molar refractivity (Wildman–Crippen MR) is 188 cm³/mol. The van der Waals surface area contributed by atoms with Crippen molar-refractivity contribution in [2.24, 2.45) is 26.9 Å². The fourth-order valence-electron chi connectivity index (χ4n) is 4.76. The number of carbonyl (C=O) groups is 2. The maximum absolute atomic E-state index is 13.8. The Morgan fingerprint density at radius 1 is 1.14 bits per heavy atom. The first-order chi connectivity index (χ1) is 23.9. The summed E-state index contributed by atoms with van der Waals surface area (Å²) in [6, 6.07) is 8.68.